The Morgan fingerprint density at radius 2 is 1.78 bits per heavy atom. The van der Waals surface area contributed by atoms with Crippen molar-refractivity contribution >= 4 is 0 Å². The van der Waals surface area contributed by atoms with Crippen LogP contribution in [0.4, 0.5) is 0 Å². The molecule has 2 fully saturated rings. The Labute approximate surface area is 108 Å². The van der Waals surface area contributed by atoms with Crippen molar-refractivity contribution in [2.45, 2.75) is 32.2 Å². The van der Waals surface area contributed by atoms with Crippen LogP contribution in [0, 0.1) is 17.8 Å². The predicted octanol–water partition coefficient (Wildman–Crippen LogP) is 2.62. The number of phenols is 2. The molecule has 0 radical (unpaired) electrons. The van der Waals surface area contributed by atoms with Gasteiger partial charge in [-0.1, -0.05) is 12.1 Å². The molecule has 0 heterocycles. The molecular formula is C15H21NO2. The first-order chi connectivity index (χ1) is 8.75. The Morgan fingerprint density at radius 3 is 2.39 bits per heavy atom. The summed E-state index contributed by atoms with van der Waals surface area (Å²) in [6.07, 6.45) is 5.61. The minimum atomic E-state index is -0.0322. The summed E-state index contributed by atoms with van der Waals surface area (Å²) in [5, 5.41) is 22.6. The summed E-state index contributed by atoms with van der Waals surface area (Å²) in [5.41, 5.74) is 0.778. The molecule has 0 amide bonds. The van der Waals surface area contributed by atoms with E-state index in [-0.39, 0.29) is 11.5 Å². The van der Waals surface area contributed by atoms with Crippen LogP contribution in [0.15, 0.2) is 18.2 Å². The van der Waals surface area contributed by atoms with E-state index in [1.54, 1.807) is 6.07 Å². The molecule has 0 spiro atoms. The SMILES string of the molecule is Oc1cccc(CNCC(C2CC2)C2CC2)c1O. The number of rotatable bonds is 6. The Morgan fingerprint density at radius 1 is 1.11 bits per heavy atom. The fourth-order valence-corrected chi connectivity index (χ4v) is 2.86. The second kappa shape index (κ2) is 4.81. The second-order valence-corrected chi connectivity index (χ2v) is 5.75. The van der Waals surface area contributed by atoms with Gasteiger partial charge in [-0.3, -0.25) is 0 Å². The molecule has 2 aliphatic carbocycles. The van der Waals surface area contributed by atoms with Gasteiger partial charge in [-0.25, -0.2) is 0 Å². The van der Waals surface area contributed by atoms with Gasteiger partial charge in [0.05, 0.1) is 0 Å². The Bertz CT molecular complexity index is 413. The predicted molar refractivity (Wildman–Crippen MR) is 70.4 cm³/mol. The van der Waals surface area contributed by atoms with Crippen LogP contribution in [0.1, 0.15) is 31.2 Å². The van der Waals surface area contributed by atoms with Crippen molar-refractivity contribution in [3.63, 3.8) is 0 Å². The number of aromatic hydroxyl groups is 2. The summed E-state index contributed by atoms with van der Waals surface area (Å²) in [6.45, 7) is 1.68. The van der Waals surface area contributed by atoms with Crippen LogP contribution in [-0.4, -0.2) is 16.8 Å². The lowest BCUT2D eigenvalue weighted by atomic mass is 9.98. The average Bonchev–Trinajstić information content (AvgIpc) is 3.23. The normalized spacial score (nSPS) is 19.4. The molecule has 0 atom stereocenters. The fourth-order valence-electron chi connectivity index (χ4n) is 2.86. The number of hydrogen-bond acceptors (Lipinski definition) is 3. The van der Waals surface area contributed by atoms with Crippen LogP contribution in [0.3, 0.4) is 0 Å². The molecule has 3 nitrogen and oxygen atoms in total. The van der Waals surface area contributed by atoms with Crippen LogP contribution in [-0.2, 0) is 6.54 Å². The smallest absolute Gasteiger partial charge is 0.161 e. The molecule has 3 rings (SSSR count). The van der Waals surface area contributed by atoms with Gasteiger partial charge in [-0.2, -0.15) is 0 Å². The number of phenolic OH excluding ortho intramolecular Hbond substituents is 2. The van der Waals surface area contributed by atoms with Gasteiger partial charge >= 0.3 is 0 Å². The van der Waals surface area contributed by atoms with Gasteiger partial charge in [0.15, 0.2) is 11.5 Å². The van der Waals surface area contributed by atoms with E-state index in [9.17, 15) is 10.2 Å². The second-order valence-electron chi connectivity index (χ2n) is 5.75. The lowest BCUT2D eigenvalue weighted by Gasteiger charge is -2.16. The van der Waals surface area contributed by atoms with Crippen molar-refractivity contribution in [1.82, 2.24) is 5.32 Å². The van der Waals surface area contributed by atoms with Crippen LogP contribution < -0.4 is 5.32 Å². The van der Waals surface area contributed by atoms with Gasteiger partial charge in [0.25, 0.3) is 0 Å². The summed E-state index contributed by atoms with van der Waals surface area (Å²) < 4.78 is 0. The summed E-state index contributed by atoms with van der Waals surface area (Å²) in [4.78, 5) is 0. The van der Waals surface area contributed by atoms with E-state index in [0.29, 0.717) is 6.54 Å². The Hall–Kier alpha value is -1.22. The topological polar surface area (TPSA) is 52.5 Å². The third kappa shape index (κ3) is 2.61. The minimum absolute atomic E-state index is 0.0133. The molecule has 0 unspecified atom stereocenters. The van der Waals surface area contributed by atoms with Crippen LogP contribution in [0.25, 0.3) is 0 Å². The maximum atomic E-state index is 9.72. The van der Waals surface area contributed by atoms with Crippen LogP contribution >= 0.6 is 0 Å². The van der Waals surface area contributed by atoms with Crippen molar-refractivity contribution in [3.05, 3.63) is 23.8 Å². The van der Waals surface area contributed by atoms with Crippen molar-refractivity contribution < 1.29 is 10.2 Å². The molecule has 1 aromatic rings. The third-order valence-electron chi connectivity index (χ3n) is 4.25. The first-order valence-corrected chi connectivity index (χ1v) is 6.96. The fraction of sp³-hybridized carbons (Fsp3) is 0.600. The Kier molecular flexibility index (Phi) is 3.16. The molecule has 3 N–H and O–H groups in total. The van der Waals surface area contributed by atoms with Gasteiger partial charge in [0.1, 0.15) is 0 Å². The van der Waals surface area contributed by atoms with Crippen LogP contribution in [0.5, 0.6) is 11.5 Å². The summed E-state index contributed by atoms with van der Waals surface area (Å²) in [6, 6.07) is 5.13. The van der Waals surface area contributed by atoms with Crippen molar-refractivity contribution in [3.8, 4) is 11.5 Å². The number of benzene rings is 1. The van der Waals surface area contributed by atoms with E-state index in [2.05, 4.69) is 5.32 Å². The zero-order valence-electron chi connectivity index (χ0n) is 10.6. The van der Waals surface area contributed by atoms with Crippen molar-refractivity contribution in [2.75, 3.05) is 6.54 Å². The first-order valence-electron chi connectivity index (χ1n) is 6.96. The average molecular weight is 247 g/mol. The van der Waals surface area contributed by atoms with Gasteiger partial charge in [-0.05, 0) is 56.0 Å². The molecular weight excluding hydrogens is 226 g/mol. The molecule has 18 heavy (non-hydrogen) atoms. The number of para-hydroxylation sites is 1. The zero-order chi connectivity index (χ0) is 12.5. The quantitative estimate of drug-likeness (QED) is 0.677. The molecule has 3 heteroatoms. The maximum Gasteiger partial charge on any atom is 0.161 e. The Balaban J connectivity index is 1.52. The minimum Gasteiger partial charge on any atom is -0.504 e. The maximum absolute atomic E-state index is 9.72. The zero-order valence-corrected chi connectivity index (χ0v) is 10.6. The van der Waals surface area contributed by atoms with Crippen molar-refractivity contribution in [1.29, 1.82) is 0 Å². The molecule has 0 aromatic heterocycles. The lowest BCUT2D eigenvalue weighted by molar-refractivity contribution is 0.372. The molecule has 0 saturated heterocycles. The number of nitrogens with one attached hydrogen (secondary N) is 1. The van der Waals surface area contributed by atoms with E-state index >= 15 is 0 Å². The molecule has 1 aromatic carbocycles. The summed E-state index contributed by atoms with van der Waals surface area (Å²) in [5.74, 6) is 2.71. The molecule has 0 bridgehead atoms. The highest BCUT2D eigenvalue weighted by atomic mass is 16.3. The van der Waals surface area contributed by atoms with E-state index in [0.717, 1.165) is 29.9 Å². The highest BCUT2D eigenvalue weighted by Crippen LogP contribution is 2.48. The van der Waals surface area contributed by atoms with E-state index < -0.39 is 0 Å². The highest BCUT2D eigenvalue weighted by molar-refractivity contribution is 5.44. The molecule has 2 saturated carbocycles. The number of hydrogen-bond donors (Lipinski definition) is 3. The monoisotopic (exact) mass is 247 g/mol. The molecule has 98 valence electrons. The first kappa shape index (κ1) is 11.8. The van der Waals surface area contributed by atoms with Gasteiger partial charge in [-0.15, -0.1) is 0 Å². The van der Waals surface area contributed by atoms with Crippen LogP contribution in [0.2, 0.25) is 0 Å². The van der Waals surface area contributed by atoms with Gasteiger partial charge in [0.2, 0.25) is 0 Å². The lowest BCUT2D eigenvalue weighted by Crippen LogP contribution is -2.25. The summed E-state index contributed by atoms with van der Waals surface area (Å²) in [7, 11) is 0. The van der Waals surface area contributed by atoms with Gasteiger partial charge in [0, 0.05) is 12.1 Å². The van der Waals surface area contributed by atoms with Gasteiger partial charge < -0.3 is 15.5 Å². The molecule has 0 aliphatic heterocycles. The largest absolute Gasteiger partial charge is 0.504 e. The van der Waals surface area contributed by atoms with E-state index in [4.69, 9.17) is 0 Å². The van der Waals surface area contributed by atoms with E-state index in [1.165, 1.54) is 31.7 Å². The third-order valence-corrected chi connectivity index (χ3v) is 4.25. The van der Waals surface area contributed by atoms with E-state index in [1.807, 2.05) is 6.07 Å². The highest BCUT2D eigenvalue weighted by Gasteiger charge is 2.40. The standard InChI is InChI=1S/C15H21NO2/c17-14-3-1-2-12(15(14)18)8-16-9-13(10-4-5-10)11-6-7-11/h1-3,10-11,13,16-18H,4-9H2. The summed E-state index contributed by atoms with van der Waals surface area (Å²) >= 11 is 0. The van der Waals surface area contributed by atoms with Crippen molar-refractivity contribution in [2.24, 2.45) is 17.8 Å². The molecule has 2 aliphatic rings.